The molecule has 0 aliphatic rings. The normalized spacial score (nSPS) is 10.5. The van der Waals surface area contributed by atoms with Crippen molar-refractivity contribution in [1.82, 2.24) is 0 Å². The third-order valence-electron chi connectivity index (χ3n) is 3.62. The van der Waals surface area contributed by atoms with Crippen LogP contribution in [-0.2, 0) is 0 Å². The van der Waals surface area contributed by atoms with E-state index in [1.54, 1.807) is 0 Å². The van der Waals surface area contributed by atoms with Crippen LogP contribution >= 0.6 is 0 Å². The van der Waals surface area contributed by atoms with Crippen molar-refractivity contribution in [2.24, 2.45) is 0 Å². The molecule has 0 rings (SSSR count). The summed E-state index contributed by atoms with van der Waals surface area (Å²) in [5, 5.41) is 13.9. The quantitative estimate of drug-likeness (QED) is 0.262. The molecule has 0 spiro atoms. The third kappa shape index (κ3) is 31.4. The number of carboxylic acid groups (broad SMARTS) is 2. The molecule has 0 fully saturated rings. The van der Waals surface area contributed by atoms with Crippen LogP contribution in [0.15, 0.2) is 12.2 Å². The molecule has 0 aromatic carbocycles. The van der Waals surface area contributed by atoms with E-state index in [4.69, 9.17) is 15.0 Å². The molecule has 22 heavy (non-hydrogen) atoms. The summed E-state index contributed by atoms with van der Waals surface area (Å²) in [5.74, 6) is 0. The van der Waals surface area contributed by atoms with E-state index in [0.29, 0.717) is 0 Å². The molecule has 132 valence electrons. The zero-order chi connectivity index (χ0) is 16.9. The molecule has 0 radical (unpaired) electrons. The summed E-state index contributed by atoms with van der Waals surface area (Å²) in [6.07, 6.45) is 22.6. The summed E-state index contributed by atoms with van der Waals surface area (Å²) < 4.78 is 0. The van der Waals surface area contributed by atoms with Crippen LogP contribution in [0.3, 0.4) is 0 Å². The number of hydrogen-bond donors (Lipinski definition) is 2. The van der Waals surface area contributed by atoms with Crippen molar-refractivity contribution in [2.45, 2.75) is 104 Å². The van der Waals surface area contributed by atoms with Crippen molar-refractivity contribution >= 4 is 6.16 Å². The molecule has 0 saturated heterocycles. The van der Waals surface area contributed by atoms with E-state index in [1.807, 2.05) is 0 Å². The van der Waals surface area contributed by atoms with E-state index in [9.17, 15) is 0 Å². The summed E-state index contributed by atoms with van der Waals surface area (Å²) in [6, 6.07) is 0. The maximum Gasteiger partial charge on any atom is 0.503 e. The molecule has 0 unspecified atom stereocenters. The maximum absolute atomic E-state index is 8.56. The third-order valence-corrected chi connectivity index (χ3v) is 3.62. The van der Waals surface area contributed by atoms with E-state index in [-0.39, 0.29) is 0 Å². The lowest BCUT2D eigenvalue weighted by atomic mass is 10.1. The monoisotopic (exact) mass is 314 g/mol. The SMILES string of the molecule is CCCCCCCC/C=C\CCCCCCCC.O=C(O)O. The lowest BCUT2D eigenvalue weighted by Crippen LogP contribution is -1.81. The minimum atomic E-state index is -1.83. The minimum absolute atomic E-state index is 1.31. The van der Waals surface area contributed by atoms with Crippen LogP contribution in [0, 0.1) is 0 Å². The molecule has 0 heterocycles. The Bertz CT molecular complexity index is 215. The van der Waals surface area contributed by atoms with Gasteiger partial charge in [-0.2, -0.15) is 0 Å². The topological polar surface area (TPSA) is 57.5 Å². The average Bonchev–Trinajstić information content (AvgIpc) is 2.47. The molecule has 0 bridgehead atoms. The Morgan fingerprint density at radius 2 is 0.909 bits per heavy atom. The van der Waals surface area contributed by atoms with Crippen molar-refractivity contribution < 1.29 is 15.0 Å². The second-order valence-corrected chi connectivity index (χ2v) is 5.87. The van der Waals surface area contributed by atoms with E-state index in [1.165, 1.54) is 89.9 Å². The van der Waals surface area contributed by atoms with Gasteiger partial charge in [0.25, 0.3) is 0 Å². The first-order valence-corrected chi connectivity index (χ1v) is 9.22. The molecule has 0 amide bonds. The van der Waals surface area contributed by atoms with Crippen LogP contribution in [-0.4, -0.2) is 16.4 Å². The van der Waals surface area contributed by atoms with Crippen LogP contribution in [0.2, 0.25) is 0 Å². The van der Waals surface area contributed by atoms with E-state index < -0.39 is 6.16 Å². The number of unbranched alkanes of at least 4 members (excludes halogenated alkanes) is 12. The number of hydrogen-bond acceptors (Lipinski definition) is 1. The average molecular weight is 315 g/mol. The summed E-state index contributed by atoms with van der Waals surface area (Å²) in [6.45, 7) is 4.57. The van der Waals surface area contributed by atoms with Crippen molar-refractivity contribution in [2.75, 3.05) is 0 Å². The van der Waals surface area contributed by atoms with Crippen LogP contribution in [0.5, 0.6) is 0 Å². The fourth-order valence-electron chi connectivity index (χ4n) is 2.32. The van der Waals surface area contributed by atoms with Crippen molar-refractivity contribution in [3.63, 3.8) is 0 Å². The first kappa shape index (κ1) is 23.3. The fraction of sp³-hybridized carbons (Fsp3) is 0.842. The van der Waals surface area contributed by atoms with E-state index in [0.717, 1.165) is 0 Å². The zero-order valence-electron chi connectivity index (χ0n) is 14.9. The molecule has 3 nitrogen and oxygen atoms in total. The van der Waals surface area contributed by atoms with Gasteiger partial charge in [-0.15, -0.1) is 0 Å². The molecule has 0 aliphatic heterocycles. The number of allylic oxidation sites excluding steroid dienone is 2. The van der Waals surface area contributed by atoms with E-state index in [2.05, 4.69) is 26.0 Å². The predicted molar refractivity (Wildman–Crippen MR) is 95.8 cm³/mol. The van der Waals surface area contributed by atoms with Gasteiger partial charge in [0.05, 0.1) is 0 Å². The highest BCUT2D eigenvalue weighted by atomic mass is 16.6. The highest BCUT2D eigenvalue weighted by Crippen LogP contribution is 2.09. The van der Waals surface area contributed by atoms with Gasteiger partial charge in [0.15, 0.2) is 0 Å². The van der Waals surface area contributed by atoms with Gasteiger partial charge in [-0.05, 0) is 25.7 Å². The largest absolute Gasteiger partial charge is 0.503 e. The smallest absolute Gasteiger partial charge is 0.450 e. The second-order valence-electron chi connectivity index (χ2n) is 5.87. The van der Waals surface area contributed by atoms with Gasteiger partial charge in [0.2, 0.25) is 0 Å². The Balaban J connectivity index is 0. The zero-order valence-corrected chi connectivity index (χ0v) is 14.9. The Labute approximate surface area is 137 Å². The van der Waals surface area contributed by atoms with Crippen LogP contribution < -0.4 is 0 Å². The van der Waals surface area contributed by atoms with Gasteiger partial charge in [-0.3, -0.25) is 0 Å². The van der Waals surface area contributed by atoms with Crippen LogP contribution in [0.1, 0.15) is 104 Å². The molecule has 0 saturated carbocycles. The second kappa shape index (κ2) is 22.3. The number of carbonyl (C=O) groups is 1. The lowest BCUT2D eigenvalue weighted by Gasteiger charge is -1.98. The minimum Gasteiger partial charge on any atom is -0.450 e. The molecule has 0 atom stereocenters. The lowest BCUT2D eigenvalue weighted by molar-refractivity contribution is 0.137. The van der Waals surface area contributed by atoms with Gasteiger partial charge >= 0.3 is 6.16 Å². The molecule has 0 aliphatic carbocycles. The molecular weight excluding hydrogens is 276 g/mol. The Morgan fingerprint density at radius 1 is 0.636 bits per heavy atom. The van der Waals surface area contributed by atoms with Crippen molar-refractivity contribution in [3.05, 3.63) is 12.2 Å². The Kier molecular flexibility index (Phi) is 23.6. The summed E-state index contributed by atoms with van der Waals surface area (Å²) in [4.78, 5) is 8.56. The highest BCUT2D eigenvalue weighted by Gasteiger charge is 1.89. The molecule has 2 N–H and O–H groups in total. The van der Waals surface area contributed by atoms with Gasteiger partial charge < -0.3 is 10.2 Å². The molecule has 0 aromatic heterocycles. The van der Waals surface area contributed by atoms with Gasteiger partial charge in [-0.25, -0.2) is 4.79 Å². The first-order valence-electron chi connectivity index (χ1n) is 9.22. The predicted octanol–water partition coefficient (Wildman–Crippen LogP) is 7.27. The van der Waals surface area contributed by atoms with Gasteiger partial charge in [-0.1, -0.05) is 90.2 Å². The van der Waals surface area contributed by atoms with Crippen molar-refractivity contribution in [1.29, 1.82) is 0 Å². The van der Waals surface area contributed by atoms with E-state index >= 15 is 0 Å². The Hall–Kier alpha value is -0.990. The molecule has 0 aromatic rings. The summed E-state index contributed by atoms with van der Waals surface area (Å²) in [5.41, 5.74) is 0. The Morgan fingerprint density at radius 3 is 1.23 bits per heavy atom. The van der Waals surface area contributed by atoms with Crippen molar-refractivity contribution in [3.8, 4) is 0 Å². The van der Waals surface area contributed by atoms with Gasteiger partial charge in [0, 0.05) is 0 Å². The number of rotatable bonds is 14. The van der Waals surface area contributed by atoms with Crippen LogP contribution in [0.25, 0.3) is 0 Å². The first-order chi connectivity index (χ1) is 10.6. The highest BCUT2D eigenvalue weighted by molar-refractivity contribution is 5.53. The summed E-state index contributed by atoms with van der Waals surface area (Å²) >= 11 is 0. The maximum atomic E-state index is 8.56. The molecule has 3 heteroatoms. The summed E-state index contributed by atoms with van der Waals surface area (Å²) in [7, 11) is 0. The fourth-order valence-corrected chi connectivity index (χ4v) is 2.32. The standard InChI is InChI=1S/C18H36.CH2O3/c1-3-5-7-9-11-13-15-17-18-16-14-12-10-8-6-4-2;2-1(3)4/h17-18H,3-16H2,1-2H3;(H2,2,3,4)/b18-17-;. The van der Waals surface area contributed by atoms with Gasteiger partial charge in [0.1, 0.15) is 0 Å². The van der Waals surface area contributed by atoms with Crippen LogP contribution in [0.4, 0.5) is 4.79 Å². The molecular formula is C19H38O3.